The lowest BCUT2D eigenvalue weighted by Gasteiger charge is -2.17. The van der Waals surface area contributed by atoms with Crippen LogP contribution in [0.3, 0.4) is 0 Å². The number of thiazole rings is 1. The molecule has 2 atom stereocenters. The van der Waals surface area contributed by atoms with Crippen molar-refractivity contribution >= 4 is 23.2 Å². The largest absolute Gasteiger partial charge is 0.347 e. The number of nitrogens with one attached hydrogen (secondary N) is 2. The van der Waals surface area contributed by atoms with Gasteiger partial charge in [0.2, 0.25) is 0 Å². The Bertz CT molecular complexity index is 940. The molecule has 2 N–H and O–H groups in total. The summed E-state index contributed by atoms with van der Waals surface area (Å²) >= 11 is 1.38. The number of rotatable bonds is 4. The third-order valence-electron chi connectivity index (χ3n) is 4.56. The van der Waals surface area contributed by atoms with Gasteiger partial charge in [-0.15, -0.1) is 11.3 Å². The molecule has 1 aliphatic heterocycles. The number of aryl methyl sites for hydroxylation is 1. The summed E-state index contributed by atoms with van der Waals surface area (Å²) in [4.78, 5) is 35.5. The molecule has 8 nitrogen and oxygen atoms in total. The molecule has 4 rings (SSSR count). The van der Waals surface area contributed by atoms with Gasteiger partial charge in [-0.3, -0.25) is 14.7 Å². The minimum Gasteiger partial charge on any atom is -0.347 e. The summed E-state index contributed by atoms with van der Waals surface area (Å²) in [5.41, 5.74) is 2.63. The summed E-state index contributed by atoms with van der Waals surface area (Å²) in [7, 11) is 0. The number of hydrogen-bond donors (Lipinski definition) is 2. The van der Waals surface area contributed by atoms with Crippen LogP contribution in [-0.2, 0) is 0 Å². The lowest BCUT2D eigenvalue weighted by atomic mass is 10.0. The molecule has 1 aromatic carbocycles. The van der Waals surface area contributed by atoms with Gasteiger partial charge in [0.15, 0.2) is 5.82 Å². The van der Waals surface area contributed by atoms with Gasteiger partial charge in [-0.1, -0.05) is 18.2 Å². The first kappa shape index (κ1) is 17.3. The first-order chi connectivity index (χ1) is 13.1. The van der Waals surface area contributed by atoms with Crippen molar-refractivity contribution in [2.45, 2.75) is 18.9 Å². The highest BCUT2D eigenvalue weighted by atomic mass is 32.1. The number of nitrogens with zero attached hydrogens (tertiary/aromatic N) is 4. The molecule has 1 aliphatic rings. The summed E-state index contributed by atoms with van der Waals surface area (Å²) in [5, 5.41) is 11.8. The lowest BCUT2D eigenvalue weighted by molar-refractivity contribution is 0.0777. The molecule has 2 aromatic heterocycles. The molecular formula is C18H18N6O2S. The standard InChI is InChI=1S/C18H18N6O2S/c1-11-20-16(23-22-11)13-7-24(18(26)15-9-27-10-19-15)8-14(13)21-17(25)12-5-3-2-4-6-12/h2-6,9-10,13-14H,7-8H2,1H3,(H,21,25)(H,20,22,23)/t13-,14-/m1/s1. The van der Waals surface area contributed by atoms with Crippen LogP contribution in [0.2, 0.25) is 0 Å². The van der Waals surface area contributed by atoms with E-state index in [4.69, 9.17) is 0 Å². The molecule has 0 saturated carbocycles. The number of carbonyl (C=O) groups excluding carboxylic acids is 2. The molecule has 1 fully saturated rings. The Morgan fingerprint density at radius 1 is 1.26 bits per heavy atom. The van der Waals surface area contributed by atoms with Crippen LogP contribution < -0.4 is 5.32 Å². The maximum atomic E-state index is 12.7. The van der Waals surface area contributed by atoms with E-state index >= 15 is 0 Å². The van der Waals surface area contributed by atoms with Crippen molar-refractivity contribution in [3.05, 3.63) is 64.1 Å². The maximum absolute atomic E-state index is 12.7. The molecule has 138 valence electrons. The van der Waals surface area contributed by atoms with Crippen molar-refractivity contribution in [3.63, 3.8) is 0 Å². The third kappa shape index (κ3) is 3.59. The molecule has 0 bridgehead atoms. The zero-order valence-corrected chi connectivity index (χ0v) is 15.4. The highest BCUT2D eigenvalue weighted by Crippen LogP contribution is 2.27. The second kappa shape index (κ2) is 7.28. The van der Waals surface area contributed by atoms with E-state index in [2.05, 4.69) is 25.5 Å². The van der Waals surface area contributed by atoms with E-state index in [0.29, 0.717) is 36.0 Å². The Balaban J connectivity index is 1.56. The number of aromatic amines is 1. The van der Waals surface area contributed by atoms with Crippen molar-refractivity contribution < 1.29 is 9.59 Å². The van der Waals surface area contributed by atoms with Crippen LogP contribution in [0.15, 0.2) is 41.2 Å². The maximum Gasteiger partial charge on any atom is 0.273 e. The lowest BCUT2D eigenvalue weighted by Crippen LogP contribution is -2.40. The number of amides is 2. The molecule has 27 heavy (non-hydrogen) atoms. The number of carbonyl (C=O) groups is 2. The van der Waals surface area contributed by atoms with Crippen LogP contribution in [0, 0.1) is 6.92 Å². The van der Waals surface area contributed by atoms with Crippen LogP contribution in [0.4, 0.5) is 0 Å². The van der Waals surface area contributed by atoms with Gasteiger partial charge in [-0.05, 0) is 19.1 Å². The molecule has 0 aliphatic carbocycles. The highest BCUT2D eigenvalue weighted by molar-refractivity contribution is 7.07. The fourth-order valence-electron chi connectivity index (χ4n) is 3.22. The molecule has 0 unspecified atom stereocenters. The van der Waals surface area contributed by atoms with Crippen molar-refractivity contribution in [3.8, 4) is 0 Å². The van der Waals surface area contributed by atoms with E-state index in [1.54, 1.807) is 27.9 Å². The van der Waals surface area contributed by atoms with Crippen LogP contribution in [0.1, 0.15) is 38.4 Å². The molecule has 3 heterocycles. The minimum atomic E-state index is -0.282. The monoisotopic (exact) mass is 382 g/mol. The Labute approximate surface area is 159 Å². The predicted octanol–water partition coefficient (Wildman–Crippen LogP) is 1.61. The van der Waals surface area contributed by atoms with E-state index in [0.717, 1.165) is 0 Å². The van der Waals surface area contributed by atoms with Gasteiger partial charge in [-0.25, -0.2) is 9.97 Å². The van der Waals surface area contributed by atoms with Crippen molar-refractivity contribution in [1.29, 1.82) is 0 Å². The summed E-state index contributed by atoms with van der Waals surface area (Å²) < 4.78 is 0. The molecular weight excluding hydrogens is 364 g/mol. The summed E-state index contributed by atoms with van der Waals surface area (Å²) in [6, 6.07) is 8.73. The third-order valence-corrected chi connectivity index (χ3v) is 5.14. The van der Waals surface area contributed by atoms with Gasteiger partial charge in [0.1, 0.15) is 11.5 Å². The van der Waals surface area contributed by atoms with Gasteiger partial charge in [0.25, 0.3) is 11.8 Å². The van der Waals surface area contributed by atoms with Crippen molar-refractivity contribution in [2.24, 2.45) is 0 Å². The topological polar surface area (TPSA) is 104 Å². The second-order valence-electron chi connectivity index (χ2n) is 6.42. The fraction of sp³-hybridized carbons (Fsp3) is 0.278. The first-order valence-corrected chi connectivity index (χ1v) is 9.48. The average molecular weight is 382 g/mol. The Kier molecular flexibility index (Phi) is 4.68. The van der Waals surface area contributed by atoms with E-state index in [9.17, 15) is 9.59 Å². The first-order valence-electron chi connectivity index (χ1n) is 8.54. The predicted molar refractivity (Wildman–Crippen MR) is 99.6 cm³/mol. The van der Waals surface area contributed by atoms with Crippen molar-refractivity contribution in [2.75, 3.05) is 13.1 Å². The second-order valence-corrected chi connectivity index (χ2v) is 7.13. The van der Waals surface area contributed by atoms with E-state index in [1.807, 2.05) is 25.1 Å². The number of hydrogen-bond acceptors (Lipinski definition) is 6. The zero-order valence-electron chi connectivity index (χ0n) is 14.6. The smallest absolute Gasteiger partial charge is 0.273 e. The van der Waals surface area contributed by atoms with Gasteiger partial charge >= 0.3 is 0 Å². The van der Waals surface area contributed by atoms with Gasteiger partial charge in [0.05, 0.1) is 17.5 Å². The van der Waals surface area contributed by atoms with Crippen LogP contribution in [0.5, 0.6) is 0 Å². The van der Waals surface area contributed by atoms with Crippen LogP contribution >= 0.6 is 11.3 Å². The van der Waals surface area contributed by atoms with Gasteiger partial charge < -0.3 is 10.2 Å². The molecule has 2 amide bonds. The molecule has 3 aromatic rings. The number of likely N-dealkylation sites (tertiary alicyclic amines) is 1. The zero-order chi connectivity index (χ0) is 18.8. The van der Waals surface area contributed by atoms with Crippen LogP contribution in [-0.4, -0.2) is 56.0 Å². The molecule has 9 heteroatoms. The van der Waals surface area contributed by atoms with Crippen molar-refractivity contribution in [1.82, 2.24) is 30.4 Å². The summed E-state index contributed by atoms with van der Waals surface area (Å²) in [6.07, 6.45) is 0. The number of H-pyrrole nitrogens is 1. The average Bonchev–Trinajstić information content (AvgIpc) is 3.42. The van der Waals surface area contributed by atoms with Gasteiger partial charge in [-0.2, -0.15) is 5.10 Å². The minimum absolute atomic E-state index is 0.148. The fourth-order valence-corrected chi connectivity index (χ4v) is 3.75. The Morgan fingerprint density at radius 3 is 2.74 bits per heavy atom. The SMILES string of the molecule is Cc1nc([C@@H]2CN(C(=O)c3cscn3)C[C@H]2NC(=O)c2ccccc2)n[nH]1. The molecule has 0 spiro atoms. The quantitative estimate of drug-likeness (QED) is 0.713. The highest BCUT2D eigenvalue weighted by Gasteiger charge is 2.40. The van der Waals surface area contributed by atoms with E-state index in [-0.39, 0.29) is 23.8 Å². The normalized spacial score (nSPS) is 19.2. The number of benzene rings is 1. The van der Waals surface area contributed by atoms with E-state index in [1.165, 1.54) is 11.3 Å². The molecule has 1 saturated heterocycles. The summed E-state index contributed by atoms with van der Waals surface area (Å²) in [6.45, 7) is 2.63. The van der Waals surface area contributed by atoms with Gasteiger partial charge in [0, 0.05) is 24.0 Å². The van der Waals surface area contributed by atoms with E-state index < -0.39 is 0 Å². The molecule has 0 radical (unpaired) electrons. The summed E-state index contributed by atoms with van der Waals surface area (Å²) in [5.74, 6) is 0.776. The number of aromatic nitrogens is 4. The van der Waals surface area contributed by atoms with Crippen LogP contribution in [0.25, 0.3) is 0 Å². The Hall–Kier alpha value is -3.07. The Morgan fingerprint density at radius 2 is 2.07 bits per heavy atom.